The number of hydrogen-bond acceptors (Lipinski definition) is 3. The van der Waals surface area contributed by atoms with E-state index in [1.165, 1.54) is 5.56 Å². The number of anilines is 2. The van der Waals surface area contributed by atoms with Crippen LogP contribution in [0.15, 0.2) is 88.5 Å². The molecular weight excluding hydrogens is 464 g/mol. The van der Waals surface area contributed by atoms with Crippen LogP contribution in [-0.4, -0.2) is 15.5 Å². The number of imidazole rings is 1. The number of carbonyl (C=O) groups is 1. The molecule has 1 aromatic heterocycles. The average Bonchev–Trinajstić information content (AvgIpc) is 3.16. The summed E-state index contributed by atoms with van der Waals surface area (Å²) >= 11 is 3.59. The van der Waals surface area contributed by atoms with E-state index in [-0.39, 0.29) is 11.9 Å². The predicted octanol–water partition coefficient (Wildman–Crippen LogP) is 6.29. The number of para-hydroxylation sites is 2. The van der Waals surface area contributed by atoms with Crippen molar-refractivity contribution in [3.8, 4) is 0 Å². The molecule has 1 amide bonds. The third-order valence-corrected chi connectivity index (χ3v) is 6.35. The standard InChI is InChI=1S/C26H23BrN4O/c1-3-17-11-13-20(14-12-17)29-25(32)23-16(2)28-26-30-21-9-4-5-10-22(21)31(26)24(23)18-7-6-8-19(27)15-18/h4-15,24H,3H2,1-2H3,(H,28,30)(H,29,32). The van der Waals surface area contributed by atoms with Crippen LogP contribution in [0.4, 0.5) is 11.6 Å². The quantitative estimate of drug-likeness (QED) is 0.356. The predicted molar refractivity (Wildman–Crippen MR) is 133 cm³/mol. The van der Waals surface area contributed by atoms with E-state index in [0.29, 0.717) is 5.57 Å². The number of amides is 1. The number of halogens is 1. The molecule has 2 heterocycles. The monoisotopic (exact) mass is 486 g/mol. The summed E-state index contributed by atoms with van der Waals surface area (Å²) in [6.07, 6.45) is 0.962. The largest absolute Gasteiger partial charge is 0.329 e. The molecule has 0 saturated carbocycles. The van der Waals surface area contributed by atoms with Gasteiger partial charge >= 0.3 is 0 Å². The number of hydrogen-bond donors (Lipinski definition) is 2. The molecule has 3 aromatic carbocycles. The van der Waals surface area contributed by atoms with Crippen LogP contribution < -0.4 is 10.6 Å². The minimum atomic E-state index is -0.314. The second-order valence-electron chi connectivity index (χ2n) is 7.92. The molecule has 0 bridgehead atoms. The number of fused-ring (bicyclic) bond motifs is 3. The van der Waals surface area contributed by atoms with E-state index >= 15 is 0 Å². The van der Waals surface area contributed by atoms with Gasteiger partial charge in [-0.15, -0.1) is 0 Å². The first kappa shape index (κ1) is 20.5. The maximum absolute atomic E-state index is 13.6. The van der Waals surface area contributed by atoms with Crippen molar-refractivity contribution in [1.29, 1.82) is 0 Å². The van der Waals surface area contributed by atoms with Gasteiger partial charge in [0.25, 0.3) is 5.91 Å². The molecule has 5 rings (SSSR count). The molecule has 0 spiro atoms. The number of rotatable bonds is 4. The molecule has 1 unspecified atom stereocenters. The van der Waals surface area contributed by atoms with E-state index < -0.39 is 0 Å². The van der Waals surface area contributed by atoms with Crippen molar-refractivity contribution in [3.63, 3.8) is 0 Å². The summed E-state index contributed by atoms with van der Waals surface area (Å²) in [4.78, 5) is 18.4. The van der Waals surface area contributed by atoms with Gasteiger partial charge in [-0.25, -0.2) is 4.98 Å². The molecule has 160 valence electrons. The SMILES string of the molecule is CCc1ccc(NC(=O)C2=C(C)Nc3nc4ccccc4n3C2c2cccc(Br)c2)cc1. The van der Waals surface area contributed by atoms with Crippen LogP contribution in [0.25, 0.3) is 11.0 Å². The highest BCUT2D eigenvalue weighted by Gasteiger charge is 2.34. The van der Waals surface area contributed by atoms with Crippen molar-refractivity contribution in [2.45, 2.75) is 26.3 Å². The Kier molecular flexibility index (Phi) is 5.31. The molecule has 1 atom stereocenters. The third kappa shape index (κ3) is 3.60. The summed E-state index contributed by atoms with van der Waals surface area (Å²) in [7, 11) is 0. The van der Waals surface area contributed by atoms with E-state index in [1.807, 2.05) is 67.6 Å². The summed E-state index contributed by atoms with van der Waals surface area (Å²) in [5.74, 6) is 0.602. The summed E-state index contributed by atoms with van der Waals surface area (Å²) in [5.41, 5.74) is 6.35. The topological polar surface area (TPSA) is 59.0 Å². The molecular formula is C26H23BrN4O. The normalized spacial score (nSPS) is 15.4. The zero-order chi connectivity index (χ0) is 22.2. The number of benzene rings is 3. The van der Waals surface area contributed by atoms with Crippen molar-refractivity contribution in [3.05, 3.63) is 99.7 Å². The third-order valence-electron chi connectivity index (χ3n) is 5.86. The van der Waals surface area contributed by atoms with Crippen LogP contribution in [0.3, 0.4) is 0 Å². The van der Waals surface area contributed by atoms with Crippen LogP contribution in [0.5, 0.6) is 0 Å². The van der Waals surface area contributed by atoms with Crippen LogP contribution in [0, 0.1) is 0 Å². The van der Waals surface area contributed by atoms with Gasteiger partial charge in [-0.2, -0.15) is 0 Å². The highest BCUT2D eigenvalue weighted by atomic mass is 79.9. The lowest BCUT2D eigenvalue weighted by molar-refractivity contribution is -0.113. The summed E-state index contributed by atoms with van der Waals surface area (Å²) < 4.78 is 3.08. The van der Waals surface area contributed by atoms with E-state index in [0.717, 1.165) is 44.8 Å². The molecule has 0 aliphatic carbocycles. The van der Waals surface area contributed by atoms with Gasteiger partial charge in [-0.1, -0.05) is 59.3 Å². The first-order chi connectivity index (χ1) is 15.5. The molecule has 1 aliphatic rings. The smallest absolute Gasteiger partial charge is 0.255 e. The van der Waals surface area contributed by atoms with Crippen molar-refractivity contribution >= 4 is 44.5 Å². The van der Waals surface area contributed by atoms with Gasteiger partial charge in [0.2, 0.25) is 5.95 Å². The first-order valence-electron chi connectivity index (χ1n) is 10.7. The van der Waals surface area contributed by atoms with Crippen LogP contribution in [-0.2, 0) is 11.2 Å². The fourth-order valence-electron chi connectivity index (χ4n) is 4.27. The maximum atomic E-state index is 13.6. The van der Waals surface area contributed by atoms with Crippen LogP contribution in [0.1, 0.15) is 31.0 Å². The summed E-state index contributed by atoms with van der Waals surface area (Å²) in [5, 5.41) is 6.45. The Morgan fingerprint density at radius 3 is 2.62 bits per heavy atom. The van der Waals surface area contributed by atoms with E-state index in [1.54, 1.807) is 0 Å². The van der Waals surface area contributed by atoms with Gasteiger partial charge in [0, 0.05) is 15.9 Å². The fourth-order valence-corrected chi connectivity index (χ4v) is 4.69. The molecule has 5 nitrogen and oxygen atoms in total. The molecule has 0 saturated heterocycles. The lowest BCUT2D eigenvalue weighted by Crippen LogP contribution is -2.30. The number of aromatic nitrogens is 2. The Morgan fingerprint density at radius 2 is 1.88 bits per heavy atom. The van der Waals surface area contributed by atoms with Gasteiger partial charge in [0.05, 0.1) is 22.6 Å². The Bertz CT molecular complexity index is 1350. The molecule has 4 aromatic rings. The molecule has 6 heteroatoms. The summed E-state index contributed by atoms with van der Waals surface area (Å²) in [6, 6.07) is 23.8. The highest BCUT2D eigenvalue weighted by Crippen LogP contribution is 2.40. The number of aryl methyl sites for hydroxylation is 1. The zero-order valence-corrected chi connectivity index (χ0v) is 19.5. The van der Waals surface area contributed by atoms with E-state index in [2.05, 4.69) is 50.2 Å². The Morgan fingerprint density at radius 1 is 1.09 bits per heavy atom. The van der Waals surface area contributed by atoms with Crippen molar-refractivity contribution in [2.24, 2.45) is 0 Å². The minimum Gasteiger partial charge on any atom is -0.329 e. The lowest BCUT2D eigenvalue weighted by atomic mass is 9.94. The van der Waals surface area contributed by atoms with Crippen molar-refractivity contribution < 1.29 is 4.79 Å². The Hall–Kier alpha value is -3.38. The van der Waals surface area contributed by atoms with Crippen LogP contribution >= 0.6 is 15.9 Å². The lowest BCUT2D eigenvalue weighted by Gasteiger charge is -2.31. The molecule has 32 heavy (non-hydrogen) atoms. The number of allylic oxidation sites excluding steroid dienone is 1. The number of carbonyl (C=O) groups excluding carboxylic acids is 1. The van der Waals surface area contributed by atoms with E-state index in [9.17, 15) is 4.79 Å². The molecule has 0 radical (unpaired) electrons. The van der Waals surface area contributed by atoms with Gasteiger partial charge in [0.1, 0.15) is 0 Å². The molecule has 1 aliphatic heterocycles. The number of nitrogens with one attached hydrogen (secondary N) is 2. The Labute approximate surface area is 195 Å². The highest BCUT2D eigenvalue weighted by molar-refractivity contribution is 9.10. The van der Waals surface area contributed by atoms with E-state index in [4.69, 9.17) is 4.98 Å². The Balaban J connectivity index is 1.63. The second-order valence-corrected chi connectivity index (χ2v) is 8.84. The van der Waals surface area contributed by atoms with Gasteiger partial charge < -0.3 is 10.6 Å². The molecule has 2 N–H and O–H groups in total. The minimum absolute atomic E-state index is 0.132. The maximum Gasteiger partial charge on any atom is 0.255 e. The summed E-state index contributed by atoms with van der Waals surface area (Å²) in [6.45, 7) is 4.05. The van der Waals surface area contributed by atoms with Gasteiger partial charge in [0.15, 0.2) is 0 Å². The van der Waals surface area contributed by atoms with Crippen molar-refractivity contribution in [1.82, 2.24) is 9.55 Å². The number of nitrogens with zero attached hydrogens (tertiary/aromatic N) is 2. The first-order valence-corrected chi connectivity index (χ1v) is 11.4. The molecule has 0 fully saturated rings. The second kappa shape index (κ2) is 8.28. The zero-order valence-electron chi connectivity index (χ0n) is 17.9. The average molecular weight is 487 g/mol. The van der Waals surface area contributed by atoms with Crippen LogP contribution in [0.2, 0.25) is 0 Å². The van der Waals surface area contributed by atoms with Gasteiger partial charge in [-0.05, 0) is 60.9 Å². The van der Waals surface area contributed by atoms with Gasteiger partial charge in [-0.3, -0.25) is 9.36 Å². The van der Waals surface area contributed by atoms with Crippen molar-refractivity contribution in [2.75, 3.05) is 10.6 Å². The fraction of sp³-hybridized carbons (Fsp3) is 0.154.